The minimum Gasteiger partial charge on any atom is -0.462 e. The summed E-state index contributed by atoms with van der Waals surface area (Å²) in [6.07, 6.45) is 40.2. The van der Waals surface area contributed by atoms with Crippen LogP contribution < -0.4 is 0 Å². The molecule has 0 aliphatic heterocycles. The van der Waals surface area contributed by atoms with Gasteiger partial charge in [-0.1, -0.05) is 200 Å². The minimum atomic E-state index is -0.761. The van der Waals surface area contributed by atoms with E-state index in [1.54, 1.807) is 0 Å². The van der Waals surface area contributed by atoms with E-state index >= 15 is 0 Å². The van der Waals surface area contributed by atoms with Gasteiger partial charge in [0.25, 0.3) is 0 Å². The smallest absolute Gasteiger partial charge is 0.306 e. The molecule has 1 atom stereocenters. The monoisotopic (exact) mass is 639 g/mol. The van der Waals surface area contributed by atoms with Crippen molar-refractivity contribution in [3.8, 4) is 0 Å². The predicted molar refractivity (Wildman–Crippen MR) is 192 cm³/mol. The fourth-order valence-electron chi connectivity index (χ4n) is 6.08. The normalized spacial score (nSPS) is 12.0. The van der Waals surface area contributed by atoms with E-state index in [2.05, 4.69) is 13.8 Å². The molecule has 0 aliphatic rings. The third-order valence-corrected chi connectivity index (χ3v) is 9.15. The number of esters is 2. The molecule has 268 valence electrons. The van der Waals surface area contributed by atoms with Crippen molar-refractivity contribution in [1.29, 1.82) is 0 Å². The highest BCUT2D eigenvalue weighted by molar-refractivity contribution is 5.70. The number of aliphatic hydroxyl groups is 1. The van der Waals surface area contributed by atoms with Crippen molar-refractivity contribution in [3.63, 3.8) is 0 Å². The highest BCUT2D eigenvalue weighted by Gasteiger charge is 2.16. The summed E-state index contributed by atoms with van der Waals surface area (Å²) in [5.74, 6) is -0.574. The van der Waals surface area contributed by atoms with Crippen molar-refractivity contribution in [2.75, 3.05) is 13.2 Å². The Morgan fingerprint density at radius 1 is 0.422 bits per heavy atom. The molecule has 0 saturated heterocycles. The second-order valence-corrected chi connectivity index (χ2v) is 13.7. The molecule has 5 heteroatoms. The summed E-state index contributed by atoms with van der Waals surface area (Å²) < 4.78 is 10.6. The molecule has 45 heavy (non-hydrogen) atoms. The Hall–Kier alpha value is -1.10. The molecule has 0 aromatic carbocycles. The number of aliphatic hydroxyl groups excluding tert-OH is 1. The van der Waals surface area contributed by atoms with Crippen molar-refractivity contribution < 1.29 is 24.2 Å². The Morgan fingerprint density at radius 2 is 0.689 bits per heavy atom. The second kappa shape index (κ2) is 37.4. The average molecular weight is 639 g/mol. The number of hydrogen-bond acceptors (Lipinski definition) is 5. The van der Waals surface area contributed by atoms with Gasteiger partial charge in [-0.3, -0.25) is 9.59 Å². The van der Waals surface area contributed by atoms with E-state index in [9.17, 15) is 14.7 Å². The second-order valence-electron chi connectivity index (χ2n) is 13.7. The first kappa shape index (κ1) is 43.9. The van der Waals surface area contributed by atoms with Crippen LogP contribution in [0.3, 0.4) is 0 Å². The fraction of sp³-hybridized carbons (Fsp3) is 0.950. The number of hydrogen-bond donors (Lipinski definition) is 1. The minimum absolute atomic E-state index is 0.0568. The Labute approximate surface area is 280 Å². The highest BCUT2D eigenvalue weighted by Crippen LogP contribution is 2.16. The van der Waals surface area contributed by atoms with Gasteiger partial charge >= 0.3 is 11.9 Å². The third kappa shape index (κ3) is 35.6. The Bertz CT molecular complexity index is 607. The molecule has 0 radical (unpaired) electrons. The number of unbranched alkanes of at least 4 members (excludes halogenated alkanes) is 29. The van der Waals surface area contributed by atoms with Crippen molar-refractivity contribution in [3.05, 3.63) is 0 Å². The Kier molecular flexibility index (Phi) is 36.4. The van der Waals surface area contributed by atoms with Crippen LogP contribution in [0.1, 0.15) is 226 Å². The summed E-state index contributed by atoms with van der Waals surface area (Å²) >= 11 is 0. The number of rotatable bonds is 37. The van der Waals surface area contributed by atoms with Crippen LogP contribution in [0, 0.1) is 0 Å². The van der Waals surface area contributed by atoms with Gasteiger partial charge in [0.15, 0.2) is 6.10 Å². The van der Waals surface area contributed by atoms with Gasteiger partial charge < -0.3 is 14.6 Å². The molecule has 0 rings (SSSR count). The van der Waals surface area contributed by atoms with Crippen LogP contribution in [-0.4, -0.2) is 36.4 Å². The van der Waals surface area contributed by atoms with E-state index < -0.39 is 6.10 Å². The highest BCUT2D eigenvalue weighted by atomic mass is 16.6. The molecule has 0 fully saturated rings. The molecule has 1 N–H and O–H groups in total. The molecule has 0 unspecified atom stereocenters. The summed E-state index contributed by atoms with van der Waals surface area (Å²) in [6, 6.07) is 0. The van der Waals surface area contributed by atoms with Crippen LogP contribution in [0.25, 0.3) is 0 Å². The van der Waals surface area contributed by atoms with E-state index in [0.717, 1.165) is 32.1 Å². The Balaban J connectivity index is 3.48. The van der Waals surface area contributed by atoms with Crippen LogP contribution in [0.15, 0.2) is 0 Å². The van der Waals surface area contributed by atoms with Crippen molar-refractivity contribution in [2.45, 2.75) is 232 Å². The standard InChI is InChI=1S/C40H78O5/c1-3-5-7-9-11-13-15-17-19-20-21-23-25-27-29-31-33-35-40(43)45-38(36-41)37-44-39(42)34-32-30-28-26-24-22-18-16-14-12-10-8-6-4-2/h38,41H,3-37H2,1-2H3/t38-/m0/s1. The van der Waals surface area contributed by atoms with Gasteiger partial charge in [0.1, 0.15) is 6.61 Å². The molecule has 0 aromatic rings. The van der Waals surface area contributed by atoms with Crippen LogP contribution in [0.2, 0.25) is 0 Å². The molecular formula is C40H78O5. The molecule has 0 amide bonds. The molecular weight excluding hydrogens is 560 g/mol. The summed E-state index contributed by atoms with van der Waals surface area (Å²) in [7, 11) is 0. The molecule has 0 saturated carbocycles. The number of carbonyl (C=O) groups excluding carboxylic acids is 2. The SMILES string of the molecule is CCCCCCCCCCCCCCCCCCCC(=O)O[C@@H](CO)COC(=O)CCCCCCCCCCCCCCCC. The maximum atomic E-state index is 12.2. The topological polar surface area (TPSA) is 72.8 Å². The summed E-state index contributed by atoms with van der Waals surface area (Å²) in [4.78, 5) is 24.2. The van der Waals surface area contributed by atoms with E-state index in [0.29, 0.717) is 12.8 Å². The van der Waals surface area contributed by atoms with Gasteiger partial charge in [-0.2, -0.15) is 0 Å². The zero-order valence-corrected chi connectivity index (χ0v) is 30.4. The summed E-state index contributed by atoms with van der Waals surface area (Å²) in [5.41, 5.74) is 0. The first-order chi connectivity index (χ1) is 22.1. The van der Waals surface area contributed by atoms with E-state index in [1.807, 2.05) is 0 Å². The molecule has 0 spiro atoms. The third-order valence-electron chi connectivity index (χ3n) is 9.15. The van der Waals surface area contributed by atoms with E-state index in [-0.39, 0.29) is 25.2 Å². The molecule has 5 nitrogen and oxygen atoms in total. The van der Waals surface area contributed by atoms with Gasteiger partial charge in [0.05, 0.1) is 6.61 Å². The van der Waals surface area contributed by atoms with E-state index in [4.69, 9.17) is 9.47 Å². The lowest BCUT2D eigenvalue weighted by Gasteiger charge is -2.15. The first-order valence-electron chi connectivity index (χ1n) is 20.1. The van der Waals surface area contributed by atoms with Crippen LogP contribution in [0.5, 0.6) is 0 Å². The van der Waals surface area contributed by atoms with Gasteiger partial charge in [0, 0.05) is 12.8 Å². The lowest BCUT2D eigenvalue weighted by molar-refractivity contribution is -0.161. The zero-order chi connectivity index (χ0) is 32.9. The van der Waals surface area contributed by atoms with Gasteiger partial charge in [-0.05, 0) is 12.8 Å². The maximum absolute atomic E-state index is 12.2. The van der Waals surface area contributed by atoms with Crippen LogP contribution in [0.4, 0.5) is 0 Å². The largest absolute Gasteiger partial charge is 0.462 e. The molecule has 0 aliphatic carbocycles. The quantitative estimate of drug-likeness (QED) is 0.0541. The van der Waals surface area contributed by atoms with Gasteiger partial charge in [-0.15, -0.1) is 0 Å². The van der Waals surface area contributed by atoms with E-state index in [1.165, 1.54) is 167 Å². The fourth-order valence-corrected chi connectivity index (χ4v) is 6.08. The van der Waals surface area contributed by atoms with Gasteiger partial charge in [-0.25, -0.2) is 0 Å². The predicted octanol–water partition coefficient (Wildman–Crippen LogP) is 12.3. The molecule has 0 heterocycles. The van der Waals surface area contributed by atoms with Crippen molar-refractivity contribution in [1.82, 2.24) is 0 Å². The van der Waals surface area contributed by atoms with Crippen molar-refractivity contribution >= 4 is 11.9 Å². The number of carbonyl (C=O) groups is 2. The zero-order valence-electron chi connectivity index (χ0n) is 30.4. The summed E-state index contributed by atoms with van der Waals surface area (Å²) in [5, 5.41) is 9.55. The van der Waals surface area contributed by atoms with Crippen molar-refractivity contribution in [2.24, 2.45) is 0 Å². The lowest BCUT2D eigenvalue weighted by Crippen LogP contribution is -2.28. The van der Waals surface area contributed by atoms with Crippen LogP contribution >= 0.6 is 0 Å². The van der Waals surface area contributed by atoms with Gasteiger partial charge in [0.2, 0.25) is 0 Å². The maximum Gasteiger partial charge on any atom is 0.306 e. The van der Waals surface area contributed by atoms with Crippen LogP contribution in [-0.2, 0) is 19.1 Å². The molecule has 0 bridgehead atoms. The lowest BCUT2D eigenvalue weighted by atomic mass is 10.0. The Morgan fingerprint density at radius 3 is 0.978 bits per heavy atom. The number of ether oxygens (including phenoxy) is 2. The summed E-state index contributed by atoms with van der Waals surface area (Å²) in [6.45, 7) is 4.16. The molecule has 0 aromatic heterocycles. The average Bonchev–Trinajstić information content (AvgIpc) is 3.04. The first-order valence-corrected chi connectivity index (χ1v) is 20.1.